The van der Waals surface area contributed by atoms with E-state index in [1.54, 1.807) is 24.3 Å². The average Bonchev–Trinajstić information content (AvgIpc) is 2.56. The van der Waals surface area contributed by atoms with Crippen LogP contribution in [-0.2, 0) is 0 Å². The lowest BCUT2D eigenvalue weighted by molar-refractivity contribution is 0.102. The first-order valence-electron chi connectivity index (χ1n) is 7.22. The normalized spacial score (nSPS) is 14.7. The number of amides is 1. The van der Waals surface area contributed by atoms with Crippen LogP contribution in [0.15, 0.2) is 48.5 Å². The molecule has 0 radical (unpaired) electrons. The molecule has 0 saturated carbocycles. The maximum absolute atomic E-state index is 12.2. The minimum Gasteiger partial charge on any atom is -0.370 e. The summed E-state index contributed by atoms with van der Waals surface area (Å²) in [6.07, 6.45) is 0. The van der Waals surface area contributed by atoms with Crippen molar-refractivity contribution in [2.24, 2.45) is 0 Å². The lowest BCUT2D eigenvalue weighted by Crippen LogP contribution is -2.32. The van der Waals surface area contributed by atoms with Gasteiger partial charge in [-0.15, -0.1) is 0 Å². The number of carbonyl (C=O) groups is 1. The third kappa shape index (κ3) is 3.76. The smallest absolute Gasteiger partial charge is 0.255 e. The molecule has 1 N–H and O–H groups in total. The number of hydrogen-bond donors (Lipinski definition) is 1. The van der Waals surface area contributed by atoms with Gasteiger partial charge in [-0.05, 0) is 42.5 Å². The Kier molecular flexibility index (Phi) is 4.90. The largest absolute Gasteiger partial charge is 0.370 e. The van der Waals surface area contributed by atoms with Gasteiger partial charge < -0.3 is 10.2 Å². The van der Waals surface area contributed by atoms with E-state index in [9.17, 15) is 4.79 Å². The Balaban J connectivity index is 1.72. The third-order valence-corrected chi connectivity index (χ3v) is 4.78. The van der Waals surface area contributed by atoms with E-state index >= 15 is 0 Å². The van der Waals surface area contributed by atoms with Crippen LogP contribution >= 0.6 is 23.4 Å². The van der Waals surface area contributed by atoms with E-state index in [1.807, 2.05) is 30.0 Å². The number of benzene rings is 2. The van der Waals surface area contributed by atoms with Crippen molar-refractivity contribution in [2.45, 2.75) is 0 Å². The highest BCUT2D eigenvalue weighted by Gasteiger charge is 2.12. The number of halogens is 1. The van der Waals surface area contributed by atoms with Gasteiger partial charge in [0.15, 0.2) is 0 Å². The van der Waals surface area contributed by atoms with Crippen molar-refractivity contribution in [1.82, 2.24) is 0 Å². The van der Waals surface area contributed by atoms with Gasteiger partial charge in [-0.25, -0.2) is 0 Å². The van der Waals surface area contributed by atoms with E-state index in [4.69, 9.17) is 11.6 Å². The van der Waals surface area contributed by atoms with Gasteiger partial charge in [-0.3, -0.25) is 4.79 Å². The van der Waals surface area contributed by atoms with Crippen molar-refractivity contribution < 1.29 is 4.79 Å². The monoisotopic (exact) mass is 332 g/mol. The van der Waals surface area contributed by atoms with E-state index in [1.165, 1.54) is 0 Å². The molecular weight excluding hydrogens is 316 g/mol. The van der Waals surface area contributed by atoms with Crippen LogP contribution in [-0.4, -0.2) is 30.5 Å². The van der Waals surface area contributed by atoms with Crippen LogP contribution in [0.4, 0.5) is 11.4 Å². The van der Waals surface area contributed by atoms with Gasteiger partial charge in [0.2, 0.25) is 0 Å². The van der Waals surface area contributed by atoms with Crippen LogP contribution in [0.2, 0.25) is 5.02 Å². The zero-order valence-corrected chi connectivity index (χ0v) is 13.7. The topological polar surface area (TPSA) is 32.3 Å². The highest BCUT2D eigenvalue weighted by atomic mass is 35.5. The average molecular weight is 333 g/mol. The Morgan fingerprint density at radius 2 is 1.82 bits per heavy atom. The molecule has 0 atom stereocenters. The number of hydrogen-bond acceptors (Lipinski definition) is 3. The molecule has 3 rings (SSSR count). The van der Waals surface area contributed by atoms with Gasteiger partial charge in [0.25, 0.3) is 5.91 Å². The van der Waals surface area contributed by atoms with E-state index in [0.29, 0.717) is 10.6 Å². The molecule has 2 aromatic carbocycles. The van der Waals surface area contributed by atoms with E-state index in [0.717, 1.165) is 36.0 Å². The summed E-state index contributed by atoms with van der Waals surface area (Å²) in [5.41, 5.74) is 2.58. The number of rotatable bonds is 3. The van der Waals surface area contributed by atoms with Crippen molar-refractivity contribution in [2.75, 3.05) is 34.8 Å². The summed E-state index contributed by atoms with van der Waals surface area (Å²) in [6, 6.07) is 14.9. The minimum atomic E-state index is -0.122. The molecule has 0 aliphatic carbocycles. The fraction of sp³-hybridized carbons (Fsp3) is 0.235. The van der Waals surface area contributed by atoms with Crippen LogP contribution in [0.3, 0.4) is 0 Å². The van der Waals surface area contributed by atoms with Crippen LogP contribution < -0.4 is 10.2 Å². The molecular formula is C17H17ClN2OS. The summed E-state index contributed by atoms with van der Waals surface area (Å²) in [5.74, 6) is 2.19. The van der Waals surface area contributed by atoms with E-state index < -0.39 is 0 Å². The molecule has 0 aromatic heterocycles. The van der Waals surface area contributed by atoms with Crippen LogP contribution in [0.5, 0.6) is 0 Å². The van der Waals surface area contributed by atoms with Gasteiger partial charge >= 0.3 is 0 Å². The molecule has 1 amide bonds. The second-order valence-electron chi connectivity index (χ2n) is 5.11. The van der Waals surface area contributed by atoms with Crippen LogP contribution in [0, 0.1) is 0 Å². The van der Waals surface area contributed by atoms with Crippen molar-refractivity contribution in [3.05, 3.63) is 59.1 Å². The zero-order chi connectivity index (χ0) is 15.4. The maximum atomic E-state index is 12.2. The Morgan fingerprint density at radius 1 is 1.09 bits per heavy atom. The molecule has 1 aliphatic heterocycles. The highest BCUT2D eigenvalue weighted by Crippen LogP contribution is 2.23. The predicted octanol–water partition coefficient (Wildman–Crippen LogP) is 4.15. The van der Waals surface area contributed by atoms with Gasteiger partial charge in [-0.1, -0.05) is 17.7 Å². The summed E-state index contributed by atoms with van der Waals surface area (Å²) >= 11 is 7.83. The number of anilines is 2. The lowest BCUT2D eigenvalue weighted by Gasteiger charge is -2.28. The molecule has 1 heterocycles. The Bertz CT molecular complexity index is 654. The highest BCUT2D eigenvalue weighted by molar-refractivity contribution is 7.99. The molecule has 5 heteroatoms. The first kappa shape index (κ1) is 15.3. The predicted molar refractivity (Wildman–Crippen MR) is 95.4 cm³/mol. The number of thioether (sulfide) groups is 1. The lowest BCUT2D eigenvalue weighted by atomic mass is 10.2. The minimum absolute atomic E-state index is 0.122. The molecule has 0 spiro atoms. The molecule has 3 nitrogen and oxygen atoms in total. The van der Waals surface area contributed by atoms with E-state index in [-0.39, 0.29) is 5.91 Å². The molecule has 114 valence electrons. The Morgan fingerprint density at radius 3 is 2.55 bits per heavy atom. The van der Waals surface area contributed by atoms with Crippen LogP contribution in [0.25, 0.3) is 0 Å². The molecule has 1 aliphatic rings. The number of nitrogens with zero attached hydrogens (tertiary/aromatic N) is 1. The molecule has 0 bridgehead atoms. The van der Waals surface area contributed by atoms with Gasteiger partial charge in [0.1, 0.15) is 0 Å². The standard InChI is InChI=1S/C17H17ClN2OS/c18-14-6-4-13(5-7-14)17(21)19-15-2-1-3-16(12-15)20-8-10-22-11-9-20/h1-7,12H,8-11H2,(H,19,21). The van der Waals surface area contributed by atoms with Gasteiger partial charge in [0, 0.05) is 46.6 Å². The summed E-state index contributed by atoms with van der Waals surface area (Å²) in [5, 5.41) is 3.57. The summed E-state index contributed by atoms with van der Waals surface area (Å²) < 4.78 is 0. The number of nitrogens with one attached hydrogen (secondary N) is 1. The fourth-order valence-electron chi connectivity index (χ4n) is 2.41. The molecule has 1 saturated heterocycles. The summed E-state index contributed by atoms with van der Waals surface area (Å²) in [6.45, 7) is 2.11. The van der Waals surface area contributed by atoms with Crippen molar-refractivity contribution in [1.29, 1.82) is 0 Å². The van der Waals surface area contributed by atoms with Crippen LogP contribution in [0.1, 0.15) is 10.4 Å². The first-order chi connectivity index (χ1) is 10.7. The fourth-order valence-corrected chi connectivity index (χ4v) is 3.44. The summed E-state index contributed by atoms with van der Waals surface area (Å²) in [4.78, 5) is 14.6. The van der Waals surface area contributed by atoms with E-state index in [2.05, 4.69) is 16.3 Å². The zero-order valence-electron chi connectivity index (χ0n) is 12.1. The van der Waals surface area contributed by atoms with Crippen molar-refractivity contribution in [3.8, 4) is 0 Å². The molecule has 1 fully saturated rings. The Labute approximate surface area is 139 Å². The molecule has 2 aromatic rings. The van der Waals surface area contributed by atoms with Gasteiger partial charge in [0.05, 0.1) is 0 Å². The SMILES string of the molecule is O=C(Nc1cccc(N2CCSCC2)c1)c1ccc(Cl)cc1. The number of carbonyl (C=O) groups excluding carboxylic acids is 1. The van der Waals surface area contributed by atoms with Gasteiger partial charge in [-0.2, -0.15) is 11.8 Å². The molecule has 0 unspecified atom stereocenters. The maximum Gasteiger partial charge on any atom is 0.255 e. The molecule has 22 heavy (non-hydrogen) atoms. The quantitative estimate of drug-likeness (QED) is 0.916. The second kappa shape index (κ2) is 7.07. The Hall–Kier alpha value is -1.65. The third-order valence-electron chi connectivity index (χ3n) is 3.59. The first-order valence-corrected chi connectivity index (χ1v) is 8.75. The van der Waals surface area contributed by atoms with Crippen molar-refractivity contribution >= 4 is 40.6 Å². The summed E-state index contributed by atoms with van der Waals surface area (Å²) in [7, 11) is 0. The second-order valence-corrected chi connectivity index (χ2v) is 6.77. The van der Waals surface area contributed by atoms with Crippen molar-refractivity contribution in [3.63, 3.8) is 0 Å².